The number of hydrogen-bond acceptors (Lipinski definition) is 6. The van der Waals surface area contributed by atoms with Gasteiger partial charge in [-0.05, 0) is 38.0 Å². The van der Waals surface area contributed by atoms with Crippen molar-refractivity contribution in [3.8, 4) is 11.5 Å². The zero-order valence-electron chi connectivity index (χ0n) is 15.8. The normalized spacial score (nSPS) is 10.2. The Morgan fingerprint density at radius 1 is 1.00 bits per heavy atom. The minimum Gasteiger partial charge on any atom is -0.493 e. The number of carbonyl (C=O) groups excluding carboxylic acids is 2. The second kappa shape index (κ2) is 11.8. The van der Waals surface area contributed by atoms with Gasteiger partial charge in [0, 0.05) is 0 Å². The molecule has 0 spiro atoms. The molecule has 0 saturated carbocycles. The van der Waals surface area contributed by atoms with E-state index in [9.17, 15) is 9.59 Å². The highest BCUT2D eigenvalue weighted by Gasteiger charge is 2.20. The number of rotatable bonds is 10. The largest absolute Gasteiger partial charge is 0.493 e. The second-order valence-electron chi connectivity index (χ2n) is 5.27. The van der Waals surface area contributed by atoms with E-state index in [2.05, 4.69) is 17.6 Å². The first-order valence-electron chi connectivity index (χ1n) is 8.72. The molecule has 0 aliphatic rings. The van der Waals surface area contributed by atoms with Gasteiger partial charge in [0.05, 0.1) is 26.9 Å². The number of amides is 2. The number of alkyl carbamates (subject to hydrolysis) is 2. The van der Waals surface area contributed by atoms with Crippen molar-refractivity contribution in [2.24, 2.45) is 0 Å². The molecule has 1 aromatic rings. The molecule has 0 atom stereocenters. The molecule has 2 N–H and O–H groups in total. The lowest BCUT2D eigenvalue weighted by molar-refractivity contribution is 0.135. The van der Waals surface area contributed by atoms with Gasteiger partial charge in [-0.25, -0.2) is 9.59 Å². The molecule has 26 heavy (non-hydrogen) atoms. The Hall–Kier alpha value is -2.64. The van der Waals surface area contributed by atoms with Crippen LogP contribution in [0.4, 0.5) is 9.59 Å². The van der Waals surface area contributed by atoms with Gasteiger partial charge in [-0.2, -0.15) is 0 Å². The van der Waals surface area contributed by atoms with Crippen molar-refractivity contribution in [2.75, 3.05) is 26.9 Å². The fourth-order valence-corrected chi connectivity index (χ4v) is 2.09. The van der Waals surface area contributed by atoms with Gasteiger partial charge in [-0.1, -0.05) is 19.4 Å². The first kappa shape index (κ1) is 21.4. The highest BCUT2D eigenvalue weighted by Crippen LogP contribution is 2.30. The van der Waals surface area contributed by atoms with E-state index >= 15 is 0 Å². The molecule has 0 saturated heterocycles. The van der Waals surface area contributed by atoms with E-state index in [1.165, 1.54) is 7.11 Å². The molecule has 2 amide bonds. The summed E-state index contributed by atoms with van der Waals surface area (Å²) in [4.78, 5) is 23.6. The van der Waals surface area contributed by atoms with Crippen molar-refractivity contribution in [1.82, 2.24) is 10.6 Å². The van der Waals surface area contributed by atoms with Crippen molar-refractivity contribution in [2.45, 2.75) is 39.8 Å². The summed E-state index contributed by atoms with van der Waals surface area (Å²) >= 11 is 0. The SMILES string of the molecule is CCCCOc1ccc(C(NC(=O)OCC)NC(=O)OCC)cc1OC. The van der Waals surface area contributed by atoms with Crippen molar-refractivity contribution >= 4 is 12.2 Å². The second-order valence-corrected chi connectivity index (χ2v) is 5.27. The molecule has 0 aliphatic carbocycles. The monoisotopic (exact) mass is 368 g/mol. The molecule has 0 aromatic heterocycles. The smallest absolute Gasteiger partial charge is 0.409 e. The van der Waals surface area contributed by atoms with Gasteiger partial charge in [-0.15, -0.1) is 0 Å². The van der Waals surface area contributed by atoms with E-state index in [0.29, 0.717) is 23.7 Å². The van der Waals surface area contributed by atoms with Crippen LogP contribution in [0.25, 0.3) is 0 Å². The van der Waals surface area contributed by atoms with E-state index in [4.69, 9.17) is 18.9 Å². The topological polar surface area (TPSA) is 95.1 Å². The number of unbranched alkanes of at least 4 members (excludes halogenated alkanes) is 1. The molecule has 0 bridgehead atoms. The molecular formula is C18H28N2O6. The van der Waals surface area contributed by atoms with Crippen LogP contribution in [0.5, 0.6) is 11.5 Å². The lowest BCUT2D eigenvalue weighted by Gasteiger charge is -2.21. The Balaban J connectivity index is 2.99. The van der Waals surface area contributed by atoms with E-state index in [1.54, 1.807) is 32.0 Å². The van der Waals surface area contributed by atoms with Crippen LogP contribution < -0.4 is 20.1 Å². The first-order valence-corrected chi connectivity index (χ1v) is 8.72. The van der Waals surface area contributed by atoms with E-state index in [0.717, 1.165) is 12.8 Å². The van der Waals surface area contributed by atoms with Crippen LogP contribution in [0.3, 0.4) is 0 Å². The van der Waals surface area contributed by atoms with Gasteiger partial charge in [0.15, 0.2) is 11.5 Å². The van der Waals surface area contributed by atoms with Crippen molar-refractivity contribution in [3.05, 3.63) is 23.8 Å². The summed E-state index contributed by atoms with van der Waals surface area (Å²) < 4.78 is 20.8. The molecule has 0 fully saturated rings. The van der Waals surface area contributed by atoms with Crippen molar-refractivity contribution < 1.29 is 28.5 Å². The maximum Gasteiger partial charge on any atom is 0.409 e. The molecule has 8 nitrogen and oxygen atoms in total. The molecule has 0 aliphatic heterocycles. The number of hydrogen-bond donors (Lipinski definition) is 2. The number of ether oxygens (including phenoxy) is 4. The van der Waals surface area contributed by atoms with Crippen molar-refractivity contribution in [1.29, 1.82) is 0 Å². The standard InChI is InChI=1S/C18H28N2O6/c1-5-8-11-26-14-10-9-13(12-15(14)23-4)16(19-17(21)24-6-2)20-18(22)25-7-3/h9-10,12,16H,5-8,11H2,1-4H3,(H,19,21)(H,20,22). The van der Waals surface area contributed by atoms with Gasteiger partial charge in [0.2, 0.25) is 0 Å². The highest BCUT2D eigenvalue weighted by atomic mass is 16.6. The molecule has 1 rings (SSSR count). The minimum atomic E-state index is -0.841. The fraction of sp³-hybridized carbons (Fsp3) is 0.556. The van der Waals surface area contributed by atoms with Crippen LogP contribution in [0.15, 0.2) is 18.2 Å². The molecule has 146 valence electrons. The summed E-state index contributed by atoms with van der Waals surface area (Å²) in [6.07, 6.45) is -0.197. The van der Waals surface area contributed by atoms with E-state index in [1.807, 2.05) is 0 Å². The predicted octanol–water partition coefficient (Wildman–Crippen LogP) is 3.36. The number of carbonyl (C=O) groups is 2. The van der Waals surface area contributed by atoms with Crippen LogP contribution in [-0.2, 0) is 9.47 Å². The van der Waals surface area contributed by atoms with Crippen LogP contribution in [-0.4, -0.2) is 39.1 Å². The molecule has 0 unspecified atom stereocenters. The van der Waals surface area contributed by atoms with Crippen LogP contribution >= 0.6 is 0 Å². The lowest BCUT2D eigenvalue weighted by atomic mass is 10.1. The van der Waals surface area contributed by atoms with E-state index in [-0.39, 0.29) is 13.2 Å². The lowest BCUT2D eigenvalue weighted by Crippen LogP contribution is -2.41. The maximum absolute atomic E-state index is 11.8. The summed E-state index contributed by atoms with van der Waals surface area (Å²) in [5.41, 5.74) is 0.589. The number of benzene rings is 1. The predicted molar refractivity (Wildman–Crippen MR) is 96.5 cm³/mol. The summed E-state index contributed by atoms with van der Waals surface area (Å²) in [5.74, 6) is 1.09. The molecule has 1 aromatic carbocycles. The van der Waals surface area contributed by atoms with Crippen LogP contribution in [0.2, 0.25) is 0 Å². The quantitative estimate of drug-likeness (QED) is 0.486. The summed E-state index contributed by atoms with van der Waals surface area (Å²) in [6.45, 7) is 6.48. The van der Waals surface area contributed by atoms with Gasteiger partial charge in [0.25, 0.3) is 0 Å². The zero-order valence-corrected chi connectivity index (χ0v) is 15.8. The Morgan fingerprint density at radius 2 is 1.62 bits per heavy atom. The first-order chi connectivity index (χ1) is 12.5. The average Bonchev–Trinajstić information content (AvgIpc) is 2.62. The Labute approximate surface area is 154 Å². The third-order valence-corrected chi connectivity index (χ3v) is 3.35. The molecule has 8 heteroatoms. The third-order valence-electron chi connectivity index (χ3n) is 3.35. The van der Waals surface area contributed by atoms with Gasteiger partial charge >= 0.3 is 12.2 Å². The van der Waals surface area contributed by atoms with E-state index < -0.39 is 18.4 Å². The van der Waals surface area contributed by atoms with Crippen molar-refractivity contribution in [3.63, 3.8) is 0 Å². The Bertz CT molecular complexity index is 559. The zero-order chi connectivity index (χ0) is 19.4. The molecule has 0 radical (unpaired) electrons. The highest BCUT2D eigenvalue weighted by molar-refractivity contribution is 5.71. The third kappa shape index (κ3) is 7.08. The summed E-state index contributed by atoms with van der Waals surface area (Å²) in [6, 6.07) is 5.15. The van der Waals surface area contributed by atoms with Gasteiger partial charge in [0.1, 0.15) is 6.17 Å². The fourth-order valence-electron chi connectivity index (χ4n) is 2.09. The molecule has 0 heterocycles. The minimum absolute atomic E-state index is 0.214. The molecular weight excluding hydrogens is 340 g/mol. The summed E-state index contributed by atoms with van der Waals surface area (Å²) in [7, 11) is 1.53. The van der Waals surface area contributed by atoms with Crippen LogP contribution in [0.1, 0.15) is 45.3 Å². The number of nitrogens with one attached hydrogen (secondary N) is 2. The van der Waals surface area contributed by atoms with Gasteiger partial charge < -0.3 is 18.9 Å². The Kier molecular flexibility index (Phi) is 9.74. The maximum atomic E-state index is 11.8. The Morgan fingerprint density at radius 3 is 2.12 bits per heavy atom. The van der Waals surface area contributed by atoms with Crippen LogP contribution in [0, 0.1) is 0 Å². The summed E-state index contributed by atoms with van der Waals surface area (Å²) in [5, 5.41) is 5.15. The average molecular weight is 368 g/mol. The number of methoxy groups -OCH3 is 1. The van der Waals surface area contributed by atoms with Gasteiger partial charge in [-0.3, -0.25) is 10.6 Å².